The molecule has 0 aliphatic carbocycles. The summed E-state index contributed by atoms with van der Waals surface area (Å²) in [4.78, 5) is 15.1. The molecule has 6 heteroatoms. The summed E-state index contributed by atoms with van der Waals surface area (Å²) in [5, 5.41) is 0.142. The maximum absolute atomic E-state index is 13.3. The Morgan fingerprint density at radius 1 is 1.13 bits per heavy atom. The fraction of sp³-hybridized carbons (Fsp3) is 0.560. The van der Waals surface area contributed by atoms with Gasteiger partial charge in [0.2, 0.25) is 0 Å². The molecule has 2 bridgehead atoms. The minimum absolute atomic E-state index is 0.0284. The molecule has 1 amide bonds. The Bertz CT molecular complexity index is 824. The molecule has 1 aromatic rings. The van der Waals surface area contributed by atoms with Crippen molar-refractivity contribution in [2.24, 2.45) is 0 Å². The lowest BCUT2D eigenvalue weighted by atomic mass is 10.1. The number of amides is 1. The van der Waals surface area contributed by atoms with E-state index >= 15 is 0 Å². The topological polar surface area (TPSA) is 48.0 Å². The third kappa shape index (κ3) is 5.55. The van der Waals surface area contributed by atoms with Crippen molar-refractivity contribution >= 4 is 14.2 Å². The van der Waals surface area contributed by atoms with Crippen molar-refractivity contribution in [2.45, 2.75) is 77.3 Å². The normalized spacial score (nSPS) is 25.4. The molecule has 2 aliphatic rings. The summed E-state index contributed by atoms with van der Waals surface area (Å²) in [5.74, 6) is -0.0284. The Morgan fingerprint density at radius 2 is 1.81 bits per heavy atom. The fourth-order valence-electron chi connectivity index (χ4n) is 3.43. The molecule has 4 atom stereocenters. The van der Waals surface area contributed by atoms with Crippen LogP contribution in [0.15, 0.2) is 54.1 Å². The van der Waals surface area contributed by atoms with Gasteiger partial charge in [-0.2, -0.15) is 0 Å². The van der Waals surface area contributed by atoms with Crippen LogP contribution in [0.2, 0.25) is 18.1 Å². The molecule has 0 unspecified atom stereocenters. The Hall–Kier alpha value is -1.73. The van der Waals surface area contributed by atoms with Crippen LogP contribution in [0.25, 0.3) is 0 Å². The van der Waals surface area contributed by atoms with Crippen molar-refractivity contribution < 1.29 is 18.7 Å². The van der Waals surface area contributed by atoms with Gasteiger partial charge in [-0.25, -0.2) is 0 Å². The molecule has 0 saturated carbocycles. The van der Waals surface area contributed by atoms with Crippen LogP contribution >= 0.6 is 0 Å². The van der Waals surface area contributed by atoms with Gasteiger partial charge in [0.1, 0.15) is 18.2 Å². The monoisotopic (exact) mass is 443 g/mol. The number of carbonyl (C=O) groups excluding carboxylic acids is 1. The zero-order valence-corrected chi connectivity index (χ0v) is 20.9. The van der Waals surface area contributed by atoms with Gasteiger partial charge < -0.3 is 18.8 Å². The highest BCUT2D eigenvalue weighted by Gasteiger charge is 2.46. The molecular formula is C25H37NO4Si. The quantitative estimate of drug-likeness (QED) is 0.431. The van der Waals surface area contributed by atoms with Crippen LogP contribution in [0.3, 0.4) is 0 Å². The van der Waals surface area contributed by atoms with Gasteiger partial charge >= 0.3 is 0 Å². The third-order valence-corrected chi connectivity index (χ3v) is 11.0. The van der Waals surface area contributed by atoms with Gasteiger partial charge in [-0.15, -0.1) is 0 Å². The number of fused-ring (bicyclic) bond motifs is 2. The van der Waals surface area contributed by atoms with Crippen LogP contribution in [0.4, 0.5) is 0 Å². The minimum Gasteiger partial charge on any atom is -0.414 e. The summed E-state index contributed by atoms with van der Waals surface area (Å²) < 4.78 is 18.8. The fourth-order valence-corrected chi connectivity index (χ4v) is 4.44. The van der Waals surface area contributed by atoms with E-state index in [-0.39, 0.29) is 29.2 Å². The lowest BCUT2D eigenvalue weighted by molar-refractivity contribution is -0.102. The Balaban J connectivity index is 1.74. The number of benzene rings is 1. The first-order chi connectivity index (χ1) is 14.5. The molecule has 0 spiro atoms. The number of nitrogens with zero attached hydrogens (tertiary/aromatic N) is 1. The summed E-state index contributed by atoms with van der Waals surface area (Å²) in [7, 11) is -1.87. The molecular weight excluding hydrogens is 406 g/mol. The highest BCUT2D eigenvalue weighted by molar-refractivity contribution is 6.74. The van der Waals surface area contributed by atoms with E-state index in [2.05, 4.69) is 46.0 Å². The molecule has 0 N–H and O–H groups in total. The van der Waals surface area contributed by atoms with Crippen molar-refractivity contribution in [1.82, 2.24) is 4.90 Å². The third-order valence-electron chi connectivity index (χ3n) is 6.50. The summed E-state index contributed by atoms with van der Waals surface area (Å²) in [6.07, 6.45) is 5.38. The van der Waals surface area contributed by atoms with Gasteiger partial charge in [-0.1, -0.05) is 62.8 Å². The van der Waals surface area contributed by atoms with Crippen LogP contribution in [-0.4, -0.2) is 56.8 Å². The van der Waals surface area contributed by atoms with Crippen LogP contribution in [0, 0.1) is 0 Å². The van der Waals surface area contributed by atoms with Gasteiger partial charge in [0, 0.05) is 12.1 Å². The van der Waals surface area contributed by atoms with E-state index in [1.165, 1.54) is 0 Å². The number of ether oxygens (including phenoxy) is 2. The molecule has 2 heterocycles. The maximum atomic E-state index is 13.3. The van der Waals surface area contributed by atoms with E-state index in [0.717, 1.165) is 5.57 Å². The lowest BCUT2D eigenvalue weighted by Crippen LogP contribution is -2.47. The molecule has 170 valence electrons. The number of allylic oxidation sites excluding steroid dienone is 1. The summed E-state index contributed by atoms with van der Waals surface area (Å²) in [5.41, 5.74) is 1.83. The SMILES string of the molecule is CC(C)=CCN(C(=O)c1ccccc1)[C@@H]1C=C[C@@H]2O[C@H]1O[C@H]2CO[Si](C)(C)C(C)(C)C. The van der Waals surface area contributed by atoms with Gasteiger partial charge in [-0.3, -0.25) is 4.79 Å². The Kier molecular flexibility index (Phi) is 7.26. The Labute approximate surface area is 188 Å². The lowest BCUT2D eigenvalue weighted by Gasteiger charge is -2.37. The van der Waals surface area contributed by atoms with E-state index in [1.807, 2.05) is 55.2 Å². The molecule has 31 heavy (non-hydrogen) atoms. The van der Waals surface area contributed by atoms with Crippen molar-refractivity contribution in [3.63, 3.8) is 0 Å². The van der Waals surface area contributed by atoms with E-state index in [0.29, 0.717) is 18.7 Å². The molecule has 1 aromatic carbocycles. The first-order valence-corrected chi connectivity index (χ1v) is 14.0. The number of hydrogen-bond donors (Lipinski definition) is 0. The first kappa shape index (κ1) is 23.9. The van der Waals surface area contributed by atoms with E-state index < -0.39 is 14.6 Å². The largest absolute Gasteiger partial charge is 0.414 e. The molecule has 1 fully saturated rings. The van der Waals surface area contributed by atoms with Crippen LogP contribution < -0.4 is 0 Å². The van der Waals surface area contributed by atoms with Crippen molar-refractivity contribution in [3.05, 3.63) is 59.7 Å². The second kappa shape index (κ2) is 9.41. The summed E-state index contributed by atoms with van der Waals surface area (Å²) >= 11 is 0. The molecule has 0 aromatic heterocycles. The van der Waals surface area contributed by atoms with Gasteiger partial charge in [0.25, 0.3) is 5.91 Å². The maximum Gasteiger partial charge on any atom is 0.254 e. The Morgan fingerprint density at radius 3 is 2.42 bits per heavy atom. The van der Waals surface area contributed by atoms with E-state index in [4.69, 9.17) is 13.9 Å². The highest BCUT2D eigenvalue weighted by Crippen LogP contribution is 2.38. The van der Waals surface area contributed by atoms with Gasteiger partial charge in [0.15, 0.2) is 14.6 Å². The molecule has 5 nitrogen and oxygen atoms in total. The zero-order chi connectivity index (χ0) is 22.8. The number of hydrogen-bond acceptors (Lipinski definition) is 4. The van der Waals surface area contributed by atoms with E-state index in [9.17, 15) is 4.79 Å². The van der Waals surface area contributed by atoms with Crippen LogP contribution in [0.5, 0.6) is 0 Å². The average molecular weight is 444 g/mol. The summed E-state index contributed by atoms with van der Waals surface area (Å²) in [6, 6.07) is 9.10. The van der Waals surface area contributed by atoms with Crippen molar-refractivity contribution in [3.8, 4) is 0 Å². The molecule has 0 radical (unpaired) electrons. The van der Waals surface area contributed by atoms with Gasteiger partial charge in [-0.05, 0) is 44.1 Å². The molecule has 3 rings (SSSR count). The number of carbonyl (C=O) groups is 1. The van der Waals surface area contributed by atoms with Gasteiger partial charge in [0.05, 0.1) is 6.61 Å². The minimum atomic E-state index is -1.87. The smallest absolute Gasteiger partial charge is 0.254 e. The van der Waals surface area contributed by atoms with Crippen molar-refractivity contribution in [2.75, 3.05) is 13.2 Å². The second-order valence-corrected chi connectivity index (χ2v) is 15.0. The standard InChI is InChI=1S/C25H37NO4Si/c1-18(2)15-16-26(23(27)19-11-9-8-10-12-19)20-13-14-21-22(30-24(20)29-21)17-28-31(6,7)25(3,4)5/h8-15,20-22,24H,16-17H2,1-7H3/t20-,21+,22+,24+/m1/s1. The summed E-state index contributed by atoms with van der Waals surface area (Å²) in [6.45, 7) is 16.3. The van der Waals surface area contributed by atoms with E-state index in [1.54, 1.807) is 0 Å². The molecule has 2 aliphatic heterocycles. The molecule has 1 saturated heterocycles. The zero-order valence-electron chi connectivity index (χ0n) is 19.9. The second-order valence-electron chi connectivity index (χ2n) is 10.2. The van der Waals surface area contributed by atoms with Crippen LogP contribution in [-0.2, 0) is 13.9 Å². The predicted molar refractivity (Wildman–Crippen MR) is 127 cm³/mol. The average Bonchev–Trinajstić information content (AvgIpc) is 3.03. The van der Waals surface area contributed by atoms with Crippen molar-refractivity contribution in [1.29, 1.82) is 0 Å². The predicted octanol–water partition coefficient (Wildman–Crippen LogP) is 5.17. The first-order valence-electron chi connectivity index (χ1n) is 11.1. The number of rotatable bonds is 7. The van der Waals surface area contributed by atoms with Crippen LogP contribution in [0.1, 0.15) is 45.0 Å². The highest BCUT2D eigenvalue weighted by atomic mass is 28.4.